The summed E-state index contributed by atoms with van der Waals surface area (Å²) in [6, 6.07) is 0. The fourth-order valence-electron chi connectivity index (χ4n) is 2.47. The molecule has 0 aromatic carbocycles. The van der Waals surface area contributed by atoms with Crippen molar-refractivity contribution in [2.45, 2.75) is 84.5 Å². The standard InChI is InChI=1S/C17H38N2/c1-4-6-7-8-9-10-11-12-13-14-15-18-17-19(3)16-5-2/h18H,4-17H2,1-3H3. The van der Waals surface area contributed by atoms with Gasteiger partial charge in [-0.25, -0.2) is 0 Å². The summed E-state index contributed by atoms with van der Waals surface area (Å²) in [7, 11) is 2.19. The zero-order valence-corrected chi connectivity index (χ0v) is 13.8. The van der Waals surface area contributed by atoms with Crippen LogP contribution in [0.3, 0.4) is 0 Å². The molecule has 0 atom stereocenters. The Morgan fingerprint density at radius 1 is 0.684 bits per heavy atom. The first-order valence-corrected chi connectivity index (χ1v) is 8.70. The molecule has 0 saturated carbocycles. The first-order chi connectivity index (χ1) is 9.31. The van der Waals surface area contributed by atoms with Crippen LogP contribution < -0.4 is 5.32 Å². The second-order valence-electron chi connectivity index (χ2n) is 5.92. The zero-order chi connectivity index (χ0) is 14.2. The summed E-state index contributed by atoms with van der Waals surface area (Å²) >= 11 is 0. The number of nitrogens with one attached hydrogen (secondary N) is 1. The molecule has 0 heterocycles. The van der Waals surface area contributed by atoms with Gasteiger partial charge in [0.15, 0.2) is 0 Å². The van der Waals surface area contributed by atoms with Crippen molar-refractivity contribution >= 4 is 0 Å². The minimum atomic E-state index is 1.05. The van der Waals surface area contributed by atoms with Crippen LogP contribution in [-0.4, -0.2) is 31.7 Å². The van der Waals surface area contributed by atoms with Gasteiger partial charge in [-0.2, -0.15) is 0 Å². The average molecular weight is 271 g/mol. The average Bonchev–Trinajstić information content (AvgIpc) is 2.40. The van der Waals surface area contributed by atoms with Crippen LogP contribution in [0.2, 0.25) is 0 Å². The molecule has 0 spiro atoms. The lowest BCUT2D eigenvalue weighted by Crippen LogP contribution is -2.32. The fraction of sp³-hybridized carbons (Fsp3) is 1.00. The highest BCUT2D eigenvalue weighted by molar-refractivity contribution is 4.51. The largest absolute Gasteiger partial charge is 0.304 e. The van der Waals surface area contributed by atoms with Crippen LogP contribution >= 0.6 is 0 Å². The lowest BCUT2D eigenvalue weighted by molar-refractivity contribution is 0.306. The number of hydrogen-bond donors (Lipinski definition) is 1. The van der Waals surface area contributed by atoms with Gasteiger partial charge in [-0.05, 0) is 33.0 Å². The molecule has 0 saturated heterocycles. The smallest absolute Gasteiger partial charge is 0.0477 e. The normalized spacial score (nSPS) is 11.4. The van der Waals surface area contributed by atoms with Crippen molar-refractivity contribution in [3.05, 3.63) is 0 Å². The molecular weight excluding hydrogens is 232 g/mol. The van der Waals surface area contributed by atoms with E-state index in [0.717, 1.165) is 6.67 Å². The lowest BCUT2D eigenvalue weighted by Gasteiger charge is -2.16. The van der Waals surface area contributed by atoms with E-state index in [1.54, 1.807) is 0 Å². The van der Waals surface area contributed by atoms with Gasteiger partial charge in [0.2, 0.25) is 0 Å². The summed E-state index contributed by atoms with van der Waals surface area (Å²) in [5, 5.41) is 3.52. The Kier molecular flexibility index (Phi) is 15.9. The molecule has 0 fully saturated rings. The van der Waals surface area contributed by atoms with Crippen LogP contribution in [0, 0.1) is 0 Å². The summed E-state index contributed by atoms with van der Waals surface area (Å²) in [4.78, 5) is 2.36. The van der Waals surface area contributed by atoms with E-state index in [9.17, 15) is 0 Å². The first-order valence-electron chi connectivity index (χ1n) is 8.70. The molecule has 116 valence electrons. The molecule has 0 aliphatic carbocycles. The highest BCUT2D eigenvalue weighted by Crippen LogP contribution is 2.10. The molecular formula is C17H38N2. The van der Waals surface area contributed by atoms with Gasteiger partial charge >= 0.3 is 0 Å². The molecule has 0 rings (SSSR count). The van der Waals surface area contributed by atoms with Gasteiger partial charge in [-0.3, -0.25) is 4.90 Å². The van der Waals surface area contributed by atoms with E-state index < -0.39 is 0 Å². The van der Waals surface area contributed by atoms with Crippen LogP contribution in [0.15, 0.2) is 0 Å². The van der Waals surface area contributed by atoms with E-state index in [1.165, 1.54) is 83.7 Å². The van der Waals surface area contributed by atoms with E-state index in [0.29, 0.717) is 0 Å². The topological polar surface area (TPSA) is 15.3 Å². The quantitative estimate of drug-likeness (QED) is 0.340. The van der Waals surface area contributed by atoms with Crippen LogP contribution in [0.1, 0.15) is 84.5 Å². The van der Waals surface area contributed by atoms with Crippen LogP contribution in [0.5, 0.6) is 0 Å². The monoisotopic (exact) mass is 270 g/mol. The highest BCUT2D eigenvalue weighted by atomic mass is 15.2. The van der Waals surface area contributed by atoms with Crippen LogP contribution in [-0.2, 0) is 0 Å². The van der Waals surface area contributed by atoms with Crippen molar-refractivity contribution in [2.75, 3.05) is 26.8 Å². The molecule has 2 heteroatoms. The predicted octanol–water partition coefficient (Wildman–Crippen LogP) is 4.80. The van der Waals surface area contributed by atoms with Crippen molar-refractivity contribution in [2.24, 2.45) is 0 Å². The molecule has 0 aliphatic heterocycles. The van der Waals surface area contributed by atoms with Crippen molar-refractivity contribution in [3.63, 3.8) is 0 Å². The van der Waals surface area contributed by atoms with Crippen LogP contribution in [0.25, 0.3) is 0 Å². The first kappa shape index (κ1) is 18.9. The van der Waals surface area contributed by atoms with Crippen LogP contribution in [0.4, 0.5) is 0 Å². The second kappa shape index (κ2) is 16.0. The molecule has 19 heavy (non-hydrogen) atoms. The second-order valence-corrected chi connectivity index (χ2v) is 5.92. The minimum absolute atomic E-state index is 1.05. The molecule has 0 aliphatic rings. The van der Waals surface area contributed by atoms with Gasteiger partial charge in [0.1, 0.15) is 0 Å². The Morgan fingerprint density at radius 2 is 1.21 bits per heavy atom. The van der Waals surface area contributed by atoms with Gasteiger partial charge in [-0.15, -0.1) is 0 Å². The maximum Gasteiger partial charge on any atom is 0.0477 e. The third-order valence-electron chi connectivity index (χ3n) is 3.69. The summed E-state index contributed by atoms with van der Waals surface area (Å²) < 4.78 is 0. The molecule has 1 N–H and O–H groups in total. The molecule has 0 bridgehead atoms. The Hall–Kier alpha value is -0.0800. The number of rotatable bonds is 15. The zero-order valence-electron chi connectivity index (χ0n) is 13.8. The van der Waals surface area contributed by atoms with Crippen molar-refractivity contribution in [3.8, 4) is 0 Å². The predicted molar refractivity (Wildman–Crippen MR) is 87.6 cm³/mol. The number of nitrogens with zero attached hydrogens (tertiary/aromatic N) is 1. The fourth-order valence-corrected chi connectivity index (χ4v) is 2.47. The van der Waals surface area contributed by atoms with Crippen molar-refractivity contribution in [1.82, 2.24) is 10.2 Å². The Morgan fingerprint density at radius 3 is 1.74 bits per heavy atom. The van der Waals surface area contributed by atoms with Crippen molar-refractivity contribution in [1.29, 1.82) is 0 Å². The van der Waals surface area contributed by atoms with Crippen molar-refractivity contribution < 1.29 is 0 Å². The number of hydrogen-bond acceptors (Lipinski definition) is 2. The Bertz CT molecular complexity index is 159. The van der Waals surface area contributed by atoms with E-state index in [4.69, 9.17) is 0 Å². The van der Waals surface area contributed by atoms with E-state index in [2.05, 4.69) is 31.1 Å². The van der Waals surface area contributed by atoms with Gasteiger partial charge in [0, 0.05) is 6.67 Å². The van der Waals surface area contributed by atoms with Gasteiger partial charge < -0.3 is 5.32 Å². The molecule has 2 nitrogen and oxygen atoms in total. The minimum Gasteiger partial charge on any atom is -0.304 e. The van der Waals surface area contributed by atoms with E-state index in [1.807, 2.05) is 0 Å². The third-order valence-corrected chi connectivity index (χ3v) is 3.69. The maximum absolute atomic E-state index is 3.52. The Balaban J connectivity index is 2.99. The van der Waals surface area contributed by atoms with E-state index in [-0.39, 0.29) is 0 Å². The third kappa shape index (κ3) is 15.9. The number of unbranched alkanes of at least 4 members (excludes halogenated alkanes) is 9. The molecule has 0 amide bonds. The Labute approximate surface area is 122 Å². The van der Waals surface area contributed by atoms with E-state index >= 15 is 0 Å². The molecule has 0 radical (unpaired) electrons. The maximum atomic E-state index is 3.52. The van der Waals surface area contributed by atoms with Gasteiger partial charge in [0.05, 0.1) is 0 Å². The van der Waals surface area contributed by atoms with Gasteiger partial charge in [-0.1, -0.05) is 71.6 Å². The molecule has 0 aromatic heterocycles. The lowest BCUT2D eigenvalue weighted by atomic mass is 10.1. The summed E-state index contributed by atoms with van der Waals surface area (Å²) in [5.41, 5.74) is 0. The highest BCUT2D eigenvalue weighted by Gasteiger charge is 1.95. The summed E-state index contributed by atoms with van der Waals surface area (Å²) in [5.74, 6) is 0. The molecule has 0 unspecified atom stereocenters. The van der Waals surface area contributed by atoms with Gasteiger partial charge in [0.25, 0.3) is 0 Å². The summed E-state index contributed by atoms with van der Waals surface area (Å²) in [6.45, 7) is 7.95. The molecule has 0 aromatic rings. The SMILES string of the molecule is CCCCCCCCCCCCNCN(C)CCC. The summed E-state index contributed by atoms with van der Waals surface area (Å²) in [6.07, 6.45) is 15.5.